The van der Waals surface area contributed by atoms with E-state index >= 15 is 0 Å². The van der Waals surface area contributed by atoms with Crippen LogP contribution in [0.15, 0.2) is 0 Å². The summed E-state index contributed by atoms with van der Waals surface area (Å²) in [6.45, 7) is 2.10. The maximum absolute atomic E-state index is 12.3. The molecule has 0 aromatic heterocycles. The minimum Gasteiger partial charge on any atom is -0.393 e. The van der Waals surface area contributed by atoms with E-state index < -0.39 is 0 Å². The zero-order valence-corrected chi connectivity index (χ0v) is 12.9. The second-order valence-corrected chi connectivity index (χ2v) is 8.28. The van der Waals surface area contributed by atoms with Crippen LogP contribution in [0.5, 0.6) is 0 Å². The van der Waals surface area contributed by atoms with Crippen molar-refractivity contribution in [3.05, 3.63) is 0 Å². The van der Waals surface area contributed by atoms with Gasteiger partial charge in [0.05, 0.1) is 6.10 Å². The van der Waals surface area contributed by atoms with Crippen LogP contribution in [0.2, 0.25) is 0 Å². The number of hydrogen-bond acceptors (Lipinski definition) is 3. The van der Waals surface area contributed by atoms with E-state index in [4.69, 9.17) is 0 Å². The second-order valence-electron chi connectivity index (χ2n) is 8.28. The number of carbonyl (C=O) groups excluding carboxylic acids is 2. The van der Waals surface area contributed by atoms with E-state index in [0.717, 1.165) is 32.1 Å². The monoisotopic (exact) mass is 290 g/mol. The van der Waals surface area contributed by atoms with Crippen molar-refractivity contribution in [3.63, 3.8) is 0 Å². The van der Waals surface area contributed by atoms with Crippen LogP contribution in [0, 0.1) is 35.0 Å². The lowest BCUT2D eigenvalue weighted by Crippen LogP contribution is -2.54. The predicted octanol–water partition coefficient (Wildman–Crippen LogP) is 2.75. The van der Waals surface area contributed by atoms with Crippen molar-refractivity contribution in [2.45, 2.75) is 64.4 Å². The van der Waals surface area contributed by atoms with E-state index in [2.05, 4.69) is 6.92 Å². The summed E-state index contributed by atoms with van der Waals surface area (Å²) in [5, 5.41) is 10.8. The fraction of sp³-hybridized carbons (Fsp3) is 0.889. The van der Waals surface area contributed by atoms with Crippen molar-refractivity contribution >= 4 is 11.6 Å². The number of ketones is 2. The molecule has 4 fully saturated rings. The first-order chi connectivity index (χ1) is 10.0. The highest BCUT2D eigenvalue weighted by atomic mass is 16.3. The fourth-order valence-corrected chi connectivity index (χ4v) is 6.51. The van der Waals surface area contributed by atoms with Gasteiger partial charge in [0.15, 0.2) is 0 Å². The molecule has 116 valence electrons. The molecule has 3 nitrogen and oxygen atoms in total. The van der Waals surface area contributed by atoms with Crippen LogP contribution < -0.4 is 0 Å². The van der Waals surface area contributed by atoms with E-state index in [9.17, 15) is 14.7 Å². The molecule has 3 heteroatoms. The zero-order valence-electron chi connectivity index (χ0n) is 12.9. The highest BCUT2D eigenvalue weighted by Crippen LogP contribution is 2.61. The minimum absolute atomic E-state index is 0.266. The van der Waals surface area contributed by atoms with Gasteiger partial charge in [0.1, 0.15) is 11.6 Å². The molecule has 1 unspecified atom stereocenters. The minimum atomic E-state index is -0.334. The SMILES string of the molecule is C[C@]12C[C@H](O)[C@H]3[C@@H](CCC4CC(=O)CC[C@@H]43)[C@@H]1CCC2=O. The fourth-order valence-electron chi connectivity index (χ4n) is 6.51. The topological polar surface area (TPSA) is 54.4 Å². The van der Waals surface area contributed by atoms with E-state index in [0.29, 0.717) is 60.4 Å². The van der Waals surface area contributed by atoms with E-state index in [1.165, 1.54) is 0 Å². The Morgan fingerprint density at radius 2 is 1.86 bits per heavy atom. The first kappa shape index (κ1) is 13.9. The summed E-state index contributed by atoms with van der Waals surface area (Å²) < 4.78 is 0. The third kappa shape index (κ3) is 1.89. The lowest BCUT2D eigenvalue weighted by atomic mass is 9.49. The third-order valence-electron chi connectivity index (χ3n) is 7.44. The van der Waals surface area contributed by atoms with Gasteiger partial charge in [0.2, 0.25) is 0 Å². The summed E-state index contributed by atoms with van der Waals surface area (Å²) in [6, 6.07) is 0. The Labute approximate surface area is 126 Å². The molecule has 0 aliphatic heterocycles. The molecule has 0 saturated heterocycles. The molecule has 0 spiro atoms. The molecule has 1 N–H and O–H groups in total. The molecule has 0 aromatic rings. The number of fused-ring (bicyclic) bond motifs is 5. The summed E-state index contributed by atoms with van der Waals surface area (Å²) >= 11 is 0. The van der Waals surface area contributed by atoms with Crippen molar-refractivity contribution < 1.29 is 14.7 Å². The lowest BCUT2D eigenvalue weighted by molar-refractivity contribution is -0.150. The van der Waals surface area contributed by atoms with Gasteiger partial charge in [0, 0.05) is 24.7 Å². The Balaban J connectivity index is 1.65. The quantitative estimate of drug-likeness (QED) is 0.746. The van der Waals surface area contributed by atoms with Crippen molar-refractivity contribution in [2.75, 3.05) is 0 Å². The average molecular weight is 290 g/mol. The molecule has 0 radical (unpaired) electrons. The molecule has 21 heavy (non-hydrogen) atoms. The second kappa shape index (κ2) is 4.65. The van der Waals surface area contributed by atoms with E-state index in [-0.39, 0.29) is 11.5 Å². The largest absolute Gasteiger partial charge is 0.393 e. The van der Waals surface area contributed by atoms with Crippen molar-refractivity contribution in [3.8, 4) is 0 Å². The molecule has 4 saturated carbocycles. The van der Waals surface area contributed by atoms with Gasteiger partial charge in [-0.3, -0.25) is 9.59 Å². The average Bonchev–Trinajstić information content (AvgIpc) is 2.74. The first-order valence-corrected chi connectivity index (χ1v) is 8.74. The number of aliphatic hydroxyl groups excluding tert-OH is 1. The molecule has 0 amide bonds. The van der Waals surface area contributed by atoms with Gasteiger partial charge in [-0.2, -0.15) is 0 Å². The third-order valence-corrected chi connectivity index (χ3v) is 7.44. The Kier molecular flexibility index (Phi) is 3.08. The van der Waals surface area contributed by atoms with Gasteiger partial charge in [-0.05, 0) is 61.7 Å². The number of Topliss-reactive ketones (excluding diaryl/α,β-unsaturated/α-hetero) is 2. The summed E-state index contributed by atoms with van der Waals surface area (Å²) in [6.07, 6.45) is 6.73. The van der Waals surface area contributed by atoms with Crippen LogP contribution in [0.25, 0.3) is 0 Å². The number of carbonyl (C=O) groups is 2. The molecule has 0 heterocycles. The van der Waals surface area contributed by atoms with Crippen LogP contribution in [-0.4, -0.2) is 22.8 Å². The predicted molar refractivity (Wildman–Crippen MR) is 78.5 cm³/mol. The Bertz CT molecular complexity index is 485. The number of rotatable bonds is 0. The standard InChI is InChI=1S/C18H26O3/c1-18-9-15(20)17-12-5-3-11(19)8-10(12)2-4-13(17)14(18)6-7-16(18)21/h10,12-15,17,20H,2-9H2,1H3/t10?,12-,13-,14-,15-,17+,18-/m0/s1. The van der Waals surface area contributed by atoms with E-state index in [1.807, 2.05) is 0 Å². The Morgan fingerprint density at radius 1 is 1.05 bits per heavy atom. The first-order valence-electron chi connectivity index (χ1n) is 8.74. The van der Waals surface area contributed by atoms with Crippen LogP contribution in [0.4, 0.5) is 0 Å². The summed E-state index contributed by atoms with van der Waals surface area (Å²) in [7, 11) is 0. The van der Waals surface area contributed by atoms with Crippen LogP contribution in [0.3, 0.4) is 0 Å². The van der Waals surface area contributed by atoms with Gasteiger partial charge in [0.25, 0.3) is 0 Å². The lowest BCUT2D eigenvalue weighted by Gasteiger charge is -2.55. The summed E-state index contributed by atoms with van der Waals surface area (Å²) in [5.41, 5.74) is -0.266. The Morgan fingerprint density at radius 3 is 2.67 bits per heavy atom. The molecular weight excluding hydrogens is 264 g/mol. The van der Waals surface area contributed by atoms with Gasteiger partial charge < -0.3 is 5.11 Å². The normalized spacial score (nSPS) is 53.0. The molecule has 4 aliphatic rings. The van der Waals surface area contributed by atoms with Crippen molar-refractivity contribution in [1.82, 2.24) is 0 Å². The Hall–Kier alpha value is -0.700. The number of aliphatic hydroxyl groups is 1. The molecular formula is C18H26O3. The van der Waals surface area contributed by atoms with Crippen LogP contribution in [0.1, 0.15) is 58.3 Å². The maximum Gasteiger partial charge on any atom is 0.139 e. The van der Waals surface area contributed by atoms with E-state index in [1.54, 1.807) is 0 Å². The highest BCUT2D eigenvalue weighted by Gasteiger charge is 2.59. The van der Waals surface area contributed by atoms with Crippen LogP contribution in [-0.2, 0) is 9.59 Å². The smallest absolute Gasteiger partial charge is 0.139 e. The van der Waals surface area contributed by atoms with Crippen molar-refractivity contribution in [1.29, 1.82) is 0 Å². The van der Waals surface area contributed by atoms with Crippen LogP contribution >= 0.6 is 0 Å². The van der Waals surface area contributed by atoms with Gasteiger partial charge in [-0.15, -0.1) is 0 Å². The molecule has 4 aliphatic carbocycles. The van der Waals surface area contributed by atoms with Gasteiger partial charge in [-0.1, -0.05) is 6.92 Å². The summed E-state index contributed by atoms with van der Waals surface area (Å²) in [5.74, 6) is 3.17. The molecule has 7 atom stereocenters. The zero-order chi connectivity index (χ0) is 14.8. The summed E-state index contributed by atoms with van der Waals surface area (Å²) in [4.78, 5) is 24.0. The maximum atomic E-state index is 12.3. The number of hydrogen-bond donors (Lipinski definition) is 1. The highest BCUT2D eigenvalue weighted by molar-refractivity contribution is 5.87. The molecule has 4 rings (SSSR count). The molecule has 0 bridgehead atoms. The van der Waals surface area contributed by atoms with Crippen molar-refractivity contribution in [2.24, 2.45) is 35.0 Å². The van der Waals surface area contributed by atoms with Gasteiger partial charge in [-0.25, -0.2) is 0 Å². The van der Waals surface area contributed by atoms with Gasteiger partial charge >= 0.3 is 0 Å². The molecule has 0 aromatic carbocycles.